The molecular weight excluding hydrogens is 745 g/mol. The molecule has 0 spiro atoms. The molecule has 0 atom stereocenters. The summed E-state index contributed by atoms with van der Waals surface area (Å²) in [6.07, 6.45) is 6.26. The molecular formula is C56H48N4O. The van der Waals surface area contributed by atoms with Gasteiger partial charge < -0.3 is 14.5 Å². The smallest absolute Gasteiger partial charge is 0.137 e. The minimum Gasteiger partial charge on any atom is -0.457 e. The number of nitrogens with zero attached hydrogens (tertiary/aromatic N) is 4. The lowest BCUT2D eigenvalue weighted by atomic mass is 9.77. The Kier molecular flexibility index (Phi) is 9.52. The third kappa shape index (κ3) is 7.12. The van der Waals surface area contributed by atoms with Crippen molar-refractivity contribution in [2.24, 2.45) is 0 Å². The Bertz CT molecular complexity index is 3040. The van der Waals surface area contributed by atoms with Crippen molar-refractivity contribution in [1.29, 1.82) is 0 Å². The van der Waals surface area contributed by atoms with Gasteiger partial charge in [0.15, 0.2) is 0 Å². The first-order valence-corrected chi connectivity index (χ1v) is 21.0. The zero-order valence-electron chi connectivity index (χ0n) is 35.0. The van der Waals surface area contributed by atoms with Gasteiger partial charge in [0.1, 0.15) is 17.3 Å². The summed E-state index contributed by atoms with van der Waals surface area (Å²) in [6.45, 7) is 9.85. The van der Waals surface area contributed by atoms with Crippen molar-refractivity contribution in [2.45, 2.75) is 38.5 Å². The van der Waals surface area contributed by atoms with Crippen LogP contribution in [-0.2, 0) is 10.8 Å². The van der Waals surface area contributed by atoms with E-state index in [1.54, 1.807) is 0 Å². The van der Waals surface area contributed by atoms with Crippen LogP contribution in [0.1, 0.15) is 49.9 Å². The van der Waals surface area contributed by atoms with Crippen molar-refractivity contribution in [3.05, 3.63) is 229 Å². The first kappa shape index (κ1) is 37.9. The molecule has 7 aromatic carbocycles. The molecule has 5 nitrogen and oxygen atoms in total. The highest BCUT2D eigenvalue weighted by molar-refractivity contribution is 6.09. The van der Waals surface area contributed by atoms with E-state index in [9.17, 15) is 0 Å². The number of para-hydroxylation sites is 1. The summed E-state index contributed by atoms with van der Waals surface area (Å²) >= 11 is 0. The van der Waals surface area contributed by atoms with E-state index in [-0.39, 0.29) is 10.8 Å². The van der Waals surface area contributed by atoms with Gasteiger partial charge in [-0.25, -0.2) is 4.98 Å². The Hall–Kier alpha value is -7.37. The van der Waals surface area contributed by atoms with Gasteiger partial charge in [0.2, 0.25) is 0 Å². The van der Waals surface area contributed by atoms with E-state index >= 15 is 0 Å². The van der Waals surface area contributed by atoms with E-state index in [1.807, 2.05) is 12.3 Å². The van der Waals surface area contributed by atoms with Gasteiger partial charge in [0, 0.05) is 63.7 Å². The van der Waals surface area contributed by atoms with Crippen LogP contribution in [-0.4, -0.2) is 16.2 Å². The van der Waals surface area contributed by atoms with Gasteiger partial charge in [-0.3, -0.25) is 4.57 Å². The van der Waals surface area contributed by atoms with Crippen LogP contribution in [0, 0.1) is 0 Å². The van der Waals surface area contributed by atoms with Gasteiger partial charge in [0.25, 0.3) is 0 Å². The molecule has 3 heterocycles. The van der Waals surface area contributed by atoms with Gasteiger partial charge in [0.05, 0.1) is 17.7 Å². The quantitative estimate of drug-likeness (QED) is 0.138. The summed E-state index contributed by atoms with van der Waals surface area (Å²) in [7, 11) is 0. The topological polar surface area (TPSA) is 33.5 Å². The Balaban J connectivity index is 0.944. The zero-order valence-corrected chi connectivity index (χ0v) is 35.0. The number of benzene rings is 7. The van der Waals surface area contributed by atoms with Crippen LogP contribution in [0.2, 0.25) is 0 Å². The van der Waals surface area contributed by atoms with Gasteiger partial charge in [-0.2, -0.15) is 0 Å². The largest absolute Gasteiger partial charge is 0.457 e. The second kappa shape index (κ2) is 15.3. The third-order valence-corrected chi connectivity index (χ3v) is 12.5. The summed E-state index contributed by atoms with van der Waals surface area (Å²) < 4.78 is 8.95. The zero-order chi connectivity index (χ0) is 41.6. The number of hydrogen-bond acceptors (Lipinski definition) is 4. The van der Waals surface area contributed by atoms with Crippen molar-refractivity contribution in [3.63, 3.8) is 0 Å². The van der Waals surface area contributed by atoms with E-state index < -0.39 is 0 Å². The van der Waals surface area contributed by atoms with Crippen molar-refractivity contribution < 1.29 is 4.74 Å². The van der Waals surface area contributed by atoms with Gasteiger partial charge >= 0.3 is 0 Å². The molecule has 298 valence electrons. The van der Waals surface area contributed by atoms with Crippen LogP contribution >= 0.6 is 0 Å². The lowest BCUT2D eigenvalue weighted by Gasteiger charge is -2.29. The highest BCUT2D eigenvalue weighted by Crippen LogP contribution is 2.40. The Morgan fingerprint density at radius 3 is 1.80 bits per heavy atom. The molecule has 0 aliphatic carbocycles. The average Bonchev–Trinajstić information content (AvgIpc) is 3.94. The summed E-state index contributed by atoms with van der Waals surface area (Å²) in [5, 5.41) is 2.33. The third-order valence-electron chi connectivity index (χ3n) is 12.5. The predicted molar refractivity (Wildman–Crippen MR) is 253 cm³/mol. The molecule has 9 aromatic rings. The van der Waals surface area contributed by atoms with Crippen molar-refractivity contribution >= 4 is 33.2 Å². The maximum Gasteiger partial charge on any atom is 0.137 e. The van der Waals surface area contributed by atoms with E-state index in [2.05, 4.69) is 236 Å². The molecule has 1 aliphatic rings. The van der Waals surface area contributed by atoms with E-state index in [0.29, 0.717) is 6.67 Å². The number of fused-ring (bicyclic) bond motifs is 3. The first-order chi connectivity index (χ1) is 29.7. The van der Waals surface area contributed by atoms with Crippen LogP contribution in [0.25, 0.3) is 38.8 Å². The standard InChI is InChI=1S/C56H48N4O/c1-55(2,42-19-10-6-11-20-42)44-29-30-57-54(36-44)60-52-26-15-14-25-50(52)51-28-27-49(38-53(51)60)61-48-24-16-23-46(37-48)58-31-32-59(39-58)47-34-41(40-17-8-5-9-18-40)33-45(35-47)56(3,4)43-21-12-7-13-22-43/h5-38H,39H2,1-4H3. The number of aromatic nitrogens is 2. The number of hydrogen-bond donors (Lipinski definition) is 0. The van der Waals surface area contributed by atoms with Gasteiger partial charge in [-0.15, -0.1) is 0 Å². The Labute approximate surface area is 358 Å². The molecule has 0 amide bonds. The minimum absolute atomic E-state index is 0.188. The monoisotopic (exact) mass is 792 g/mol. The molecule has 0 radical (unpaired) electrons. The second-order valence-electron chi connectivity index (χ2n) is 17.0. The molecule has 0 bridgehead atoms. The maximum atomic E-state index is 6.68. The summed E-state index contributed by atoms with van der Waals surface area (Å²) in [5.41, 5.74) is 11.4. The molecule has 0 saturated carbocycles. The predicted octanol–water partition coefficient (Wildman–Crippen LogP) is 14.0. The summed E-state index contributed by atoms with van der Waals surface area (Å²) in [4.78, 5) is 9.53. The lowest BCUT2D eigenvalue weighted by molar-refractivity contribution is 0.483. The number of rotatable bonds is 10. The molecule has 2 aromatic heterocycles. The lowest BCUT2D eigenvalue weighted by Crippen LogP contribution is -2.25. The summed E-state index contributed by atoms with van der Waals surface area (Å²) in [6, 6.07) is 66.8. The van der Waals surface area contributed by atoms with Crippen LogP contribution < -0.4 is 14.5 Å². The van der Waals surface area contributed by atoms with Crippen LogP contribution in [0.3, 0.4) is 0 Å². The van der Waals surface area contributed by atoms with Crippen LogP contribution in [0.15, 0.2) is 207 Å². The second-order valence-corrected chi connectivity index (χ2v) is 17.0. The van der Waals surface area contributed by atoms with Crippen LogP contribution in [0.4, 0.5) is 11.4 Å². The molecule has 10 rings (SSSR count). The van der Waals surface area contributed by atoms with E-state index in [4.69, 9.17) is 9.72 Å². The molecule has 0 fully saturated rings. The Morgan fingerprint density at radius 1 is 0.443 bits per heavy atom. The SMILES string of the molecule is CC(C)(c1ccccc1)c1cc(-c2ccccc2)cc(N2C=CN(c3cccc(Oc4ccc5c6ccccc6n(-c6cc(C(C)(C)c7ccccc7)ccn6)c5c4)c3)C2)c1. The fourth-order valence-electron chi connectivity index (χ4n) is 8.78. The highest BCUT2D eigenvalue weighted by Gasteiger charge is 2.27. The molecule has 5 heteroatoms. The molecule has 61 heavy (non-hydrogen) atoms. The van der Waals surface area contributed by atoms with E-state index in [1.165, 1.54) is 38.8 Å². The van der Waals surface area contributed by atoms with Crippen LogP contribution in [0.5, 0.6) is 11.5 Å². The number of pyridine rings is 1. The Morgan fingerprint density at radius 2 is 1.07 bits per heavy atom. The fraction of sp³-hybridized carbons (Fsp3) is 0.125. The number of anilines is 2. The summed E-state index contributed by atoms with van der Waals surface area (Å²) in [5.74, 6) is 2.41. The van der Waals surface area contributed by atoms with E-state index in [0.717, 1.165) is 45.1 Å². The normalized spacial score (nSPS) is 13.0. The van der Waals surface area contributed by atoms with Gasteiger partial charge in [-0.05, 0) is 88.0 Å². The molecule has 0 saturated heterocycles. The molecule has 1 aliphatic heterocycles. The maximum absolute atomic E-state index is 6.68. The fourth-order valence-corrected chi connectivity index (χ4v) is 8.78. The minimum atomic E-state index is -0.201. The van der Waals surface area contributed by atoms with Crippen molar-refractivity contribution in [2.75, 3.05) is 16.5 Å². The van der Waals surface area contributed by atoms with Crippen molar-refractivity contribution in [3.8, 4) is 28.4 Å². The molecule has 0 N–H and O–H groups in total. The molecule has 0 unspecified atom stereocenters. The van der Waals surface area contributed by atoms with Crippen molar-refractivity contribution in [1.82, 2.24) is 9.55 Å². The first-order valence-electron chi connectivity index (χ1n) is 21.0. The highest BCUT2D eigenvalue weighted by atomic mass is 16.5. The van der Waals surface area contributed by atoms with Gasteiger partial charge in [-0.1, -0.05) is 149 Å². The number of ether oxygens (including phenoxy) is 1. The average molecular weight is 793 g/mol.